The van der Waals surface area contributed by atoms with Gasteiger partial charge in [0.1, 0.15) is 11.9 Å². The molecule has 3 heterocycles. The van der Waals surface area contributed by atoms with E-state index in [4.69, 9.17) is 4.74 Å². The maximum atomic E-state index is 13.7. The highest BCUT2D eigenvalue weighted by atomic mass is 32.2. The smallest absolute Gasteiger partial charge is 0.379 e. The van der Waals surface area contributed by atoms with Gasteiger partial charge in [-0.1, -0.05) is 24.1 Å². The molecular weight excluding hydrogens is 545 g/mol. The van der Waals surface area contributed by atoms with Gasteiger partial charge in [-0.3, -0.25) is 4.79 Å². The molecule has 1 saturated carbocycles. The van der Waals surface area contributed by atoms with E-state index in [-0.39, 0.29) is 16.6 Å². The summed E-state index contributed by atoms with van der Waals surface area (Å²) in [4.78, 5) is 22.0. The van der Waals surface area contributed by atoms with Crippen LogP contribution in [0.2, 0.25) is 0 Å². The molecule has 0 aliphatic heterocycles. The van der Waals surface area contributed by atoms with E-state index >= 15 is 0 Å². The first kappa shape index (κ1) is 29.3. The number of pyridine rings is 1. The van der Waals surface area contributed by atoms with Crippen molar-refractivity contribution in [1.29, 1.82) is 0 Å². The quantitative estimate of drug-likeness (QED) is 0.278. The second kappa shape index (κ2) is 12.2. The molecule has 5 rings (SSSR count). The average Bonchev–Trinajstić information content (AvgIpc) is 3.29. The Labute approximate surface area is 230 Å². The third-order valence-corrected chi connectivity index (χ3v) is 8.41. The van der Waals surface area contributed by atoms with E-state index in [1.807, 2.05) is 13.8 Å². The fourth-order valence-electron chi connectivity index (χ4n) is 4.89. The summed E-state index contributed by atoms with van der Waals surface area (Å²) in [5, 5.41) is 0. The van der Waals surface area contributed by atoms with Crippen LogP contribution in [0.1, 0.15) is 50.4 Å². The van der Waals surface area contributed by atoms with Gasteiger partial charge in [-0.2, -0.15) is 18.2 Å². The van der Waals surface area contributed by atoms with E-state index in [1.165, 1.54) is 16.5 Å². The van der Waals surface area contributed by atoms with Crippen LogP contribution in [-0.4, -0.2) is 39.7 Å². The van der Waals surface area contributed by atoms with Gasteiger partial charge in [0, 0.05) is 30.4 Å². The molecule has 0 N–H and O–H groups in total. The molecule has 0 unspecified atom stereocenters. The van der Waals surface area contributed by atoms with Crippen LogP contribution >= 0.6 is 0 Å². The van der Waals surface area contributed by atoms with Gasteiger partial charge >= 0.3 is 6.68 Å². The van der Waals surface area contributed by atoms with E-state index in [9.17, 15) is 26.4 Å². The molecule has 3 aromatic heterocycles. The predicted octanol–water partition coefficient (Wildman–Crippen LogP) is 6.02. The van der Waals surface area contributed by atoms with E-state index in [0.29, 0.717) is 40.5 Å². The molecule has 1 fully saturated rings. The number of hydrogen-bond donors (Lipinski definition) is 0. The molecule has 0 spiro atoms. The van der Waals surface area contributed by atoms with Gasteiger partial charge < -0.3 is 9.30 Å². The molecule has 0 radical (unpaired) electrons. The summed E-state index contributed by atoms with van der Waals surface area (Å²) in [5.41, 5.74) is 2.75. The SMILES string of the molecule is CCn1c(=O)ccc2c1c(-c1cc(OC3CCCCC3)nc(C)n1)cn2S(=O)(=O)c1ccc(C)cc1.FC(F)F. The van der Waals surface area contributed by atoms with Crippen LogP contribution in [0, 0.1) is 13.8 Å². The maximum absolute atomic E-state index is 13.7. The highest BCUT2D eigenvalue weighted by Gasteiger charge is 2.25. The standard InChI is InChI=1S/C27H30N4O4S.CHF3/c1-4-30-26(32)15-14-24-27(30)22(17-31(24)36(33,34)21-12-10-18(2)11-13-21)23-16-25(29-19(3)28-23)35-20-8-6-5-7-9-20;2-1(3)4/h10-17,20H,4-9H2,1-3H3;1H. The number of alkyl halides is 3. The van der Waals surface area contributed by atoms with Gasteiger partial charge in [-0.05, 0) is 64.7 Å². The lowest BCUT2D eigenvalue weighted by Gasteiger charge is -2.22. The van der Waals surface area contributed by atoms with Crippen molar-refractivity contribution in [2.45, 2.75) is 77.1 Å². The highest BCUT2D eigenvalue weighted by Crippen LogP contribution is 2.33. The zero-order valence-corrected chi connectivity index (χ0v) is 23.3. The summed E-state index contributed by atoms with van der Waals surface area (Å²) in [5.74, 6) is 0.981. The molecule has 0 amide bonds. The van der Waals surface area contributed by atoms with Crippen molar-refractivity contribution in [3.05, 3.63) is 70.4 Å². The van der Waals surface area contributed by atoms with E-state index in [1.54, 1.807) is 54.1 Å². The van der Waals surface area contributed by atoms with Crippen molar-refractivity contribution in [2.24, 2.45) is 0 Å². The molecule has 1 aliphatic carbocycles. The second-order valence-corrected chi connectivity index (χ2v) is 11.4. The minimum Gasteiger partial charge on any atom is -0.474 e. The van der Waals surface area contributed by atoms with Crippen molar-refractivity contribution in [3.63, 3.8) is 0 Å². The van der Waals surface area contributed by atoms with Crippen LogP contribution in [0.3, 0.4) is 0 Å². The Hall–Kier alpha value is -3.67. The van der Waals surface area contributed by atoms with Gasteiger partial charge in [-0.25, -0.2) is 17.4 Å². The van der Waals surface area contributed by atoms with Crippen molar-refractivity contribution in [1.82, 2.24) is 18.5 Å². The Balaban J connectivity index is 0.000000867. The Morgan fingerprint density at radius 2 is 1.65 bits per heavy atom. The van der Waals surface area contributed by atoms with Gasteiger partial charge in [0.25, 0.3) is 15.6 Å². The molecule has 8 nitrogen and oxygen atoms in total. The lowest BCUT2D eigenvalue weighted by molar-refractivity contribution is 0.00818. The average molecular weight is 577 g/mol. The number of rotatable bonds is 6. The Morgan fingerprint density at radius 3 is 2.27 bits per heavy atom. The fourth-order valence-corrected chi connectivity index (χ4v) is 6.25. The highest BCUT2D eigenvalue weighted by molar-refractivity contribution is 7.90. The number of nitrogens with zero attached hydrogens (tertiary/aromatic N) is 4. The molecule has 0 atom stereocenters. The molecule has 1 aromatic carbocycles. The van der Waals surface area contributed by atoms with Gasteiger partial charge in [0.15, 0.2) is 0 Å². The minimum absolute atomic E-state index is 0.109. The number of aryl methyl sites for hydroxylation is 3. The number of hydrogen-bond acceptors (Lipinski definition) is 6. The molecule has 1 aliphatic rings. The zero-order chi connectivity index (χ0) is 29.0. The molecule has 214 valence electrons. The van der Waals surface area contributed by atoms with Crippen LogP contribution in [0.15, 0.2) is 58.4 Å². The summed E-state index contributed by atoms with van der Waals surface area (Å²) in [6, 6.07) is 11.4. The summed E-state index contributed by atoms with van der Waals surface area (Å²) < 4.78 is 65.4. The lowest BCUT2D eigenvalue weighted by Crippen LogP contribution is -2.20. The van der Waals surface area contributed by atoms with E-state index in [2.05, 4.69) is 9.97 Å². The molecule has 12 heteroatoms. The third kappa shape index (κ3) is 6.38. The predicted molar refractivity (Wildman–Crippen MR) is 146 cm³/mol. The number of benzene rings is 1. The van der Waals surface area contributed by atoms with Crippen LogP contribution in [-0.2, 0) is 16.6 Å². The van der Waals surface area contributed by atoms with E-state index < -0.39 is 16.7 Å². The minimum atomic E-state index is -3.92. The summed E-state index contributed by atoms with van der Waals surface area (Å²) in [6.45, 7) is 2.27. The van der Waals surface area contributed by atoms with Crippen LogP contribution in [0.4, 0.5) is 13.2 Å². The number of aromatic nitrogens is 4. The molecular formula is C28H31F3N4O4S. The summed E-state index contributed by atoms with van der Waals surface area (Å²) >= 11 is 0. The first-order valence-electron chi connectivity index (χ1n) is 13.0. The Kier molecular flexibility index (Phi) is 8.97. The van der Waals surface area contributed by atoms with Gasteiger partial charge in [0.05, 0.1) is 21.6 Å². The fraction of sp³-hybridized carbons (Fsp3) is 0.393. The van der Waals surface area contributed by atoms with Crippen LogP contribution in [0.5, 0.6) is 5.88 Å². The summed E-state index contributed by atoms with van der Waals surface area (Å²) in [7, 11) is -3.92. The second-order valence-electron chi connectivity index (χ2n) is 9.57. The van der Waals surface area contributed by atoms with Gasteiger partial charge in [0.2, 0.25) is 5.88 Å². The first-order valence-corrected chi connectivity index (χ1v) is 14.5. The first-order chi connectivity index (χ1) is 19.0. The molecule has 40 heavy (non-hydrogen) atoms. The lowest BCUT2D eigenvalue weighted by atomic mass is 9.98. The van der Waals surface area contributed by atoms with E-state index in [0.717, 1.165) is 31.2 Å². The summed E-state index contributed by atoms with van der Waals surface area (Å²) in [6.07, 6.45) is 7.13. The number of ether oxygens (including phenoxy) is 1. The number of halogens is 3. The van der Waals surface area contributed by atoms with Crippen molar-refractivity contribution < 1.29 is 26.3 Å². The topological polar surface area (TPSA) is 96.1 Å². The number of fused-ring (bicyclic) bond motifs is 1. The monoisotopic (exact) mass is 576 g/mol. The largest absolute Gasteiger partial charge is 0.474 e. The normalized spacial score (nSPS) is 14.3. The maximum Gasteiger partial charge on any atom is 0.379 e. The van der Waals surface area contributed by atoms with Crippen LogP contribution in [0.25, 0.3) is 22.3 Å². The molecule has 0 bridgehead atoms. The van der Waals surface area contributed by atoms with Crippen molar-refractivity contribution >= 4 is 21.1 Å². The Morgan fingerprint density at radius 1 is 1.00 bits per heavy atom. The van der Waals surface area contributed by atoms with Crippen molar-refractivity contribution in [2.75, 3.05) is 0 Å². The zero-order valence-electron chi connectivity index (χ0n) is 22.5. The third-order valence-electron chi connectivity index (χ3n) is 6.73. The van der Waals surface area contributed by atoms with Crippen LogP contribution < -0.4 is 10.3 Å². The van der Waals surface area contributed by atoms with Gasteiger partial charge in [-0.15, -0.1) is 0 Å². The van der Waals surface area contributed by atoms with Crippen molar-refractivity contribution in [3.8, 4) is 17.1 Å². The Bertz CT molecular complexity index is 1640. The molecule has 4 aromatic rings. The molecule has 0 saturated heterocycles.